The SMILES string of the molecule is Cn1nc(-c2ccc(F)cc2)cc1C(=O)N1CC(n2cc(Cn3nccn3)nn2)C1. The fraction of sp³-hybridized carbons (Fsp3) is 0.263. The van der Waals surface area contributed by atoms with Crippen LogP contribution in [0.25, 0.3) is 11.3 Å². The van der Waals surface area contributed by atoms with E-state index in [9.17, 15) is 9.18 Å². The number of carbonyl (C=O) groups is 1. The Labute approximate surface area is 170 Å². The Morgan fingerprint density at radius 3 is 2.63 bits per heavy atom. The first kappa shape index (κ1) is 18.2. The normalized spacial score (nSPS) is 14.1. The van der Waals surface area contributed by atoms with E-state index in [0.29, 0.717) is 31.0 Å². The van der Waals surface area contributed by atoms with Crippen LogP contribution in [-0.2, 0) is 13.6 Å². The van der Waals surface area contributed by atoms with Gasteiger partial charge in [0.25, 0.3) is 5.91 Å². The molecule has 4 aromatic rings. The highest BCUT2D eigenvalue weighted by molar-refractivity contribution is 5.94. The van der Waals surface area contributed by atoms with Crippen LogP contribution in [0.2, 0.25) is 0 Å². The van der Waals surface area contributed by atoms with Crippen LogP contribution in [0.5, 0.6) is 0 Å². The monoisotopic (exact) mass is 407 g/mol. The fourth-order valence-electron chi connectivity index (χ4n) is 3.41. The van der Waals surface area contributed by atoms with Crippen LogP contribution in [0.15, 0.2) is 48.9 Å². The maximum atomic E-state index is 13.1. The van der Waals surface area contributed by atoms with Crippen molar-refractivity contribution in [2.24, 2.45) is 7.05 Å². The van der Waals surface area contributed by atoms with Crippen LogP contribution < -0.4 is 0 Å². The van der Waals surface area contributed by atoms with Crippen molar-refractivity contribution in [2.45, 2.75) is 12.6 Å². The fourth-order valence-corrected chi connectivity index (χ4v) is 3.41. The maximum Gasteiger partial charge on any atom is 0.272 e. The Kier molecular flexibility index (Phi) is 4.34. The third-order valence-electron chi connectivity index (χ3n) is 5.09. The van der Waals surface area contributed by atoms with Gasteiger partial charge in [-0.05, 0) is 30.3 Å². The van der Waals surface area contributed by atoms with Gasteiger partial charge in [-0.25, -0.2) is 9.07 Å². The van der Waals surface area contributed by atoms with E-state index in [1.807, 2.05) is 6.20 Å². The lowest BCUT2D eigenvalue weighted by molar-refractivity contribution is 0.0487. The van der Waals surface area contributed by atoms with E-state index in [1.54, 1.807) is 51.9 Å². The topological polar surface area (TPSA) is 99.6 Å². The number of likely N-dealkylation sites (tertiary alicyclic amines) is 1. The lowest BCUT2D eigenvalue weighted by Gasteiger charge is -2.38. The molecule has 11 heteroatoms. The molecule has 30 heavy (non-hydrogen) atoms. The van der Waals surface area contributed by atoms with Crippen LogP contribution in [0, 0.1) is 5.82 Å². The molecule has 0 N–H and O–H groups in total. The highest BCUT2D eigenvalue weighted by Crippen LogP contribution is 2.25. The Morgan fingerprint density at radius 1 is 1.17 bits per heavy atom. The summed E-state index contributed by atoms with van der Waals surface area (Å²) in [6, 6.07) is 7.85. The molecule has 0 radical (unpaired) electrons. The molecule has 5 rings (SSSR count). The lowest BCUT2D eigenvalue weighted by atomic mass is 10.1. The average molecular weight is 407 g/mol. The van der Waals surface area contributed by atoms with Crippen molar-refractivity contribution in [1.82, 2.24) is 44.7 Å². The number of hydrogen-bond acceptors (Lipinski definition) is 6. The van der Waals surface area contributed by atoms with E-state index in [1.165, 1.54) is 16.9 Å². The summed E-state index contributed by atoms with van der Waals surface area (Å²) in [6.07, 6.45) is 5.08. The van der Waals surface area contributed by atoms with Crippen molar-refractivity contribution in [3.63, 3.8) is 0 Å². The van der Waals surface area contributed by atoms with Gasteiger partial charge in [0.15, 0.2) is 0 Å². The molecule has 1 aliphatic heterocycles. The molecule has 152 valence electrons. The molecular formula is C19H18FN9O. The lowest BCUT2D eigenvalue weighted by Crippen LogP contribution is -2.51. The smallest absolute Gasteiger partial charge is 0.272 e. The van der Waals surface area contributed by atoms with Crippen LogP contribution in [0.1, 0.15) is 22.2 Å². The molecule has 1 amide bonds. The molecule has 3 aromatic heterocycles. The van der Waals surface area contributed by atoms with E-state index in [4.69, 9.17) is 0 Å². The highest BCUT2D eigenvalue weighted by Gasteiger charge is 2.34. The summed E-state index contributed by atoms with van der Waals surface area (Å²) < 4.78 is 16.5. The molecular weight excluding hydrogens is 389 g/mol. The van der Waals surface area contributed by atoms with Gasteiger partial charge < -0.3 is 4.90 Å². The van der Waals surface area contributed by atoms with E-state index in [2.05, 4.69) is 25.6 Å². The number of benzene rings is 1. The summed E-state index contributed by atoms with van der Waals surface area (Å²) in [6.45, 7) is 1.53. The zero-order valence-corrected chi connectivity index (χ0v) is 16.1. The van der Waals surface area contributed by atoms with E-state index < -0.39 is 0 Å². The van der Waals surface area contributed by atoms with Crippen LogP contribution in [0.3, 0.4) is 0 Å². The van der Waals surface area contributed by atoms with Gasteiger partial charge in [-0.15, -0.1) is 5.10 Å². The molecule has 0 unspecified atom stereocenters. The number of aromatic nitrogens is 8. The largest absolute Gasteiger partial charge is 0.333 e. The van der Waals surface area contributed by atoms with Gasteiger partial charge in [0.2, 0.25) is 0 Å². The van der Waals surface area contributed by atoms with Crippen LogP contribution in [0.4, 0.5) is 4.39 Å². The Hall–Kier alpha value is -3.89. The van der Waals surface area contributed by atoms with Crippen molar-refractivity contribution >= 4 is 5.91 Å². The molecule has 0 spiro atoms. The number of amides is 1. The molecule has 0 bridgehead atoms. The van der Waals surface area contributed by atoms with Crippen LogP contribution >= 0.6 is 0 Å². The van der Waals surface area contributed by atoms with Crippen LogP contribution in [-0.4, -0.2) is 63.7 Å². The predicted octanol–water partition coefficient (Wildman–Crippen LogP) is 1.15. The predicted molar refractivity (Wildman–Crippen MR) is 103 cm³/mol. The molecule has 1 fully saturated rings. The van der Waals surface area contributed by atoms with E-state index in [-0.39, 0.29) is 17.8 Å². The molecule has 1 aromatic carbocycles. The van der Waals surface area contributed by atoms with E-state index >= 15 is 0 Å². The number of rotatable bonds is 5. The van der Waals surface area contributed by atoms with Crippen molar-refractivity contribution in [2.75, 3.05) is 13.1 Å². The summed E-state index contributed by atoms with van der Waals surface area (Å²) in [5, 5.41) is 20.8. The molecule has 1 saturated heterocycles. The molecule has 4 heterocycles. The minimum atomic E-state index is -0.310. The van der Waals surface area contributed by atoms with Gasteiger partial charge >= 0.3 is 0 Å². The Morgan fingerprint density at radius 2 is 1.90 bits per heavy atom. The molecule has 0 saturated carbocycles. The first-order valence-electron chi connectivity index (χ1n) is 9.41. The summed E-state index contributed by atoms with van der Waals surface area (Å²) in [7, 11) is 1.73. The molecule has 0 atom stereocenters. The zero-order valence-electron chi connectivity index (χ0n) is 16.1. The zero-order chi connectivity index (χ0) is 20.7. The standard InChI is InChI=1S/C19H18FN9O/c1-26-18(8-17(24-26)13-2-4-14(20)5-3-13)19(30)27-11-16(12-27)28-9-15(23-25-28)10-29-21-6-7-22-29/h2-9,16H,10-12H2,1H3. The first-order chi connectivity index (χ1) is 14.6. The second-order valence-corrected chi connectivity index (χ2v) is 7.16. The van der Waals surface area contributed by atoms with E-state index in [0.717, 1.165) is 11.3 Å². The average Bonchev–Trinajstić information content (AvgIpc) is 3.44. The van der Waals surface area contributed by atoms with Gasteiger partial charge in [0.05, 0.1) is 30.3 Å². The first-order valence-corrected chi connectivity index (χ1v) is 9.41. The van der Waals surface area contributed by atoms with Gasteiger partial charge in [0.1, 0.15) is 23.7 Å². The second kappa shape index (κ2) is 7.17. The minimum Gasteiger partial charge on any atom is -0.333 e. The number of aryl methyl sites for hydroxylation is 1. The van der Waals surface area contributed by atoms with Gasteiger partial charge in [-0.1, -0.05) is 5.21 Å². The molecule has 0 aliphatic carbocycles. The number of hydrogen-bond donors (Lipinski definition) is 0. The van der Waals surface area contributed by atoms with Crippen molar-refractivity contribution in [3.8, 4) is 11.3 Å². The Balaban J connectivity index is 1.24. The maximum absolute atomic E-state index is 13.1. The Bertz CT molecular complexity index is 1170. The van der Waals surface area contributed by atoms with Gasteiger partial charge in [-0.2, -0.15) is 20.1 Å². The summed E-state index contributed by atoms with van der Waals surface area (Å²) in [4.78, 5) is 16.2. The van der Waals surface area contributed by atoms with Crippen molar-refractivity contribution in [1.29, 1.82) is 0 Å². The summed E-state index contributed by atoms with van der Waals surface area (Å²) in [5.74, 6) is -0.412. The summed E-state index contributed by atoms with van der Waals surface area (Å²) in [5.41, 5.74) is 2.63. The number of halogens is 1. The molecule has 10 nitrogen and oxygen atoms in total. The van der Waals surface area contributed by atoms with Crippen molar-refractivity contribution in [3.05, 3.63) is 66.1 Å². The third kappa shape index (κ3) is 3.34. The quantitative estimate of drug-likeness (QED) is 0.492. The minimum absolute atomic E-state index is 0.0746. The third-order valence-corrected chi connectivity index (χ3v) is 5.09. The van der Waals surface area contributed by atoms with Gasteiger partial charge in [0, 0.05) is 25.7 Å². The number of carbonyl (C=O) groups excluding carboxylic acids is 1. The van der Waals surface area contributed by atoms with Crippen molar-refractivity contribution < 1.29 is 9.18 Å². The number of nitrogens with zero attached hydrogens (tertiary/aromatic N) is 9. The summed E-state index contributed by atoms with van der Waals surface area (Å²) >= 11 is 0. The molecule has 1 aliphatic rings. The second-order valence-electron chi connectivity index (χ2n) is 7.16. The highest BCUT2D eigenvalue weighted by atomic mass is 19.1. The van der Waals surface area contributed by atoms with Gasteiger partial charge in [-0.3, -0.25) is 9.48 Å².